The summed E-state index contributed by atoms with van der Waals surface area (Å²) >= 11 is 0. The van der Waals surface area contributed by atoms with Crippen LogP contribution in [0.5, 0.6) is 0 Å². The Morgan fingerprint density at radius 2 is 1.84 bits per heavy atom. The lowest BCUT2D eigenvalue weighted by molar-refractivity contribution is -0.0728. The summed E-state index contributed by atoms with van der Waals surface area (Å²) in [5, 5.41) is 3.79. The predicted molar refractivity (Wildman–Crippen MR) is 78.4 cm³/mol. The van der Waals surface area contributed by atoms with Gasteiger partial charge in [0.05, 0.1) is 12.2 Å². The van der Waals surface area contributed by atoms with Crippen molar-refractivity contribution in [2.45, 2.75) is 77.2 Å². The Kier molecular flexibility index (Phi) is 3.89. The van der Waals surface area contributed by atoms with Crippen LogP contribution in [0.15, 0.2) is 0 Å². The zero-order valence-electron chi connectivity index (χ0n) is 12.8. The Hall–Kier alpha value is -0.120. The maximum atomic E-state index is 6.00. The van der Waals surface area contributed by atoms with Gasteiger partial charge in [-0.1, -0.05) is 27.2 Å². The molecular weight excluding hydrogens is 236 g/mol. The van der Waals surface area contributed by atoms with Gasteiger partial charge in [-0.05, 0) is 37.6 Å². The fourth-order valence-electron chi connectivity index (χ4n) is 4.55. The molecule has 0 aromatic carbocycles. The molecule has 0 spiro atoms. The summed E-state index contributed by atoms with van der Waals surface area (Å²) in [6.45, 7) is 10.5. The summed E-state index contributed by atoms with van der Waals surface area (Å²) in [6, 6.07) is 1.36. The maximum Gasteiger partial charge on any atom is 0.0707 e. The molecule has 110 valence electrons. The predicted octanol–water partition coefficient (Wildman–Crippen LogP) is 2.41. The maximum absolute atomic E-state index is 6.00. The lowest BCUT2D eigenvalue weighted by Crippen LogP contribution is -2.61. The third-order valence-corrected chi connectivity index (χ3v) is 5.51. The van der Waals surface area contributed by atoms with E-state index in [0.717, 1.165) is 12.6 Å². The Morgan fingerprint density at radius 3 is 2.47 bits per heavy atom. The Bertz CT molecular complexity index is 306. The van der Waals surface area contributed by atoms with Crippen LogP contribution in [0.25, 0.3) is 0 Å². The van der Waals surface area contributed by atoms with Crippen molar-refractivity contribution in [3.63, 3.8) is 0 Å². The molecule has 2 saturated heterocycles. The van der Waals surface area contributed by atoms with E-state index in [4.69, 9.17) is 4.74 Å². The number of hydrogen-bond donors (Lipinski definition) is 1. The molecule has 4 unspecified atom stereocenters. The highest BCUT2D eigenvalue weighted by Gasteiger charge is 2.44. The van der Waals surface area contributed by atoms with Crippen molar-refractivity contribution >= 4 is 0 Å². The number of hydrogen-bond acceptors (Lipinski definition) is 3. The van der Waals surface area contributed by atoms with Gasteiger partial charge in [-0.3, -0.25) is 4.90 Å². The average Bonchev–Trinajstić information content (AvgIpc) is 2.70. The lowest BCUT2D eigenvalue weighted by Gasteiger charge is -2.50. The van der Waals surface area contributed by atoms with Crippen molar-refractivity contribution in [1.29, 1.82) is 0 Å². The molecule has 4 atom stereocenters. The smallest absolute Gasteiger partial charge is 0.0707 e. The van der Waals surface area contributed by atoms with E-state index >= 15 is 0 Å². The van der Waals surface area contributed by atoms with E-state index in [-0.39, 0.29) is 0 Å². The first kappa shape index (κ1) is 13.8. The third kappa shape index (κ3) is 2.70. The highest BCUT2D eigenvalue weighted by Crippen LogP contribution is 2.39. The van der Waals surface area contributed by atoms with Gasteiger partial charge >= 0.3 is 0 Å². The molecule has 3 aliphatic rings. The minimum atomic E-state index is 0.427. The van der Waals surface area contributed by atoms with Crippen molar-refractivity contribution in [2.24, 2.45) is 5.41 Å². The van der Waals surface area contributed by atoms with Crippen molar-refractivity contribution in [2.75, 3.05) is 19.6 Å². The second-order valence-electron chi connectivity index (χ2n) is 7.39. The average molecular weight is 266 g/mol. The van der Waals surface area contributed by atoms with E-state index in [9.17, 15) is 0 Å². The monoisotopic (exact) mass is 266 g/mol. The molecule has 0 radical (unpaired) electrons. The highest BCUT2D eigenvalue weighted by atomic mass is 16.5. The van der Waals surface area contributed by atoms with Crippen molar-refractivity contribution in [1.82, 2.24) is 10.2 Å². The standard InChI is InChI=1S/C16H30N2O/c1-4-17-15-14(6-5-9-16(15,2)3)18-10-12-7-8-13(11-18)19-12/h12-15,17H,4-11H2,1-3H3. The van der Waals surface area contributed by atoms with Gasteiger partial charge in [0.25, 0.3) is 0 Å². The number of nitrogens with one attached hydrogen (secondary N) is 1. The summed E-state index contributed by atoms with van der Waals surface area (Å²) in [5.41, 5.74) is 0.427. The quantitative estimate of drug-likeness (QED) is 0.849. The molecule has 3 nitrogen and oxygen atoms in total. The van der Waals surface area contributed by atoms with Crippen LogP contribution in [0.2, 0.25) is 0 Å². The van der Waals surface area contributed by atoms with E-state index in [1.54, 1.807) is 0 Å². The highest BCUT2D eigenvalue weighted by molar-refractivity contribution is 5.00. The summed E-state index contributed by atoms with van der Waals surface area (Å²) in [6.07, 6.45) is 7.70. The number of ether oxygens (including phenoxy) is 1. The molecule has 3 fully saturated rings. The van der Waals surface area contributed by atoms with Gasteiger partial charge in [-0.25, -0.2) is 0 Å². The first-order chi connectivity index (χ1) is 9.10. The molecular formula is C16H30N2O. The molecule has 3 rings (SSSR count). The topological polar surface area (TPSA) is 24.5 Å². The summed E-state index contributed by atoms with van der Waals surface area (Å²) in [7, 11) is 0. The largest absolute Gasteiger partial charge is 0.372 e. The van der Waals surface area contributed by atoms with E-state index in [0.29, 0.717) is 23.7 Å². The molecule has 3 heteroatoms. The van der Waals surface area contributed by atoms with Crippen LogP contribution < -0.4 is 5.32 Å². The van der Waals surface area contributed by atoms with Crippen LogP contribution in [-0.4, -0.2) is 48.8 Å². The lowest BCUT2D eigenvalue weighted by atomic mass is 9.70. The second-order valence-corrected chi connectivity index (χ2v) is 7.39. The van der Waals surface area contributed by atoms with E-state index in [2.05, 4.69) is 31.0 Å². The number of likely N-dealkylation sites (tertiary alicyclic amines) is 1. The van der Waals surface area contributed by atoms with Gasteiger partial charge in [0.15, 0.2) is 0 Å². The number of rotatable bonds is 3. The molecule has 2 aliphatic heterocycles. The Balaban J connectivity index is 1.73. The normalized spacial score (nSPS) is 42.5. The molecule has 0 aromatic heterocycles. The Labute approximate surface area is 118 Å². The van der Waals surface area contributed by atoms with Crippen LogP contribution in [0.4, 0.5) is 0 Å². The van der Waals surface area contributed by atoms with Gasteiger partial charge in [0.1, 0.15) is 0 Å². The second kappa shape index (κ2) is 5.34. The first-order valence-corrected chi connectivity index (χ1v) is 8.23. The molecule has 1 aliphatic carbocycles. The van der Waals surface area contributed by atoms with Crippen LogP contribution >= 0.6 is 0 Å². The number of nitrogens with zero attached hydrogens (tertiary/aromatic N) is 1. The molecule has 0 aromatic rings. The third-order valence-electron chi connectivity index (χ3n) is 5.51. The minimum absolute atomic E-state index is 0.427. The van der Waals surface area contributed by atoms with E-state index in [1.165, 1.54) is 45.2 Å². The minimum Gasteiger partial charge on any atom is -0.372 e. The summed E-state index contributed by atoms with van der Waals surface area (Å²) in [4.78, 5) is 2.75. The molecule has 2 bridgehead atoms. The molecule has 1 N–H and O–H groups in total. The summed E-state index contributed by atoms with van der Waals surface area (Å²) < 4.78 is 6.00. The van der Waals surface area contributed by atoms with Gasteiger partial charge in [0, 0.05) is 25.2 Å². The first-order valence-electron chi connectivity index (χ1n) is 8.23. The summed E-state index contributed by atoms with van der Waals surface area (Å²) in [5.74, 6) is 0. The fourth-order valence-corrected chi connectivity index (χ4v) is 4.55. The molecule has 2 heterocycles. The fraction of sp³-hybridized carbons (Fsp3) is 1.00. The van der Waals surface area contributed by atoms with E-state index in [1.807, 2.05) is 0 Å². The van der Waals surface area contributed by atoms with Crippen LogP contribution in [0.1, 0.15) is 52.9 Å². The van der Waals surface area contributed by atoms with Gasteiger partial charge in [-0.2, -0.15) is 0 Å². The van der Waals surface area contributed by atoms with E-state index < -0.39 is 0 Å². The molecule has 19 heavy (non-hydrogen) atoms. The number of morpholine rings is 1. The molecule has 0 amide bonds. The molecule has 1 saturated carbocycles. The number of likely N-dealkylation sites (N-methyl/N-ethyl adjacent to an activating group) is 1. The van der Waals surface area contributed by atoms with Crippen molar-refractivity contribution in [3.8, 4) is 0 Å². The SMILES string of the molecule is CCNC1C(N2CC3CCC(C2)O3)CCCC1(C)C. The zero-order valence-corrected chi connectivity index (χ0v) is 12.8. The van der Waals surface area contributed by atoms with Crippen molar-refractivity contribution in [3.05, 3.63) is 0 Å². The zero-order chi connectivity index (χ0) is 13.5. The number of fused-ring (bicyclic) bond motifs is 2. The van der Waals surface area contributed by atoms with Gasteiger partial charge in [0.2, 0.25) is 0 Å². The van der Waals surface area contributed by atoms with Gasteiger partial charge in [-0.15, -0.1) is 0 Å². The Morgan fingerprint density at radius 1 is 1.16 bits per heavy atom. The van der Waals surface area contributed by atoms with Crippen LogP contribution in [0.3, 0.4) is 0 Å². The van der Waals surface area contributed by atoms with Gasteiger partial charge < -0.3 is 10.1 Å². The van der Waals surface area contributed by atoms with Crippen molar-refractivity contribution < 1.29 is 4.74 Å². The van der Waals surface area contributed by atoms with Crippen LogP contribution in [0, 0.1) is 5.41 Å². The van der Waals surface area contributed by atoms with Crippen LogP contribution in [-0.2, 0) is 4.74 Å².